The van der Waals surface area contributed by atoms with Crippen LogP contribution in [0.3, 0.4) is 0 Å². The van der Waals surface area contributed by atoms with E-state index in [4.69, 9.17) is 0 Å². The van der Waals surface area contributed by atoms with Crippen molar-refractivity contribution in [3.05, 3.63) is 0 Å². The third-order valence-corrected chi connectivity index (χ3v) is 2.80. The third-order valence-electron chi connectivity index (χ3n) is 2.80. The zero-order valence-corrected chi connectivity index (χ0v) is 8.06. The second kappa shape index (κ2) is 4.10. The number of hydrogen-bond donors (Lipinski definition) is 1. The highest BCUT2D eigenvalue weighted by molar-refractivity contribution is 4.83. The van der Waals surface area contributed by atoms with Gasteiger partial charge < -0.3 is 5.32 Å². The lowest BCUT2D eigenvalue weighted by Crippen LogP contribution is -2.38. The molecule has 1 N–H and O–H groups in total. The first-order chi connectivity index (χ1) is 5.22. The lowest BCUT2D eigenvalue weighted by Gasteiger charge is -2.35. The highest BCUT2D eigenvalue weighted by Crippen LogP contribution is 2.31. The summed E-state index contributed by atoms with van der Waals surface area (Å²) in [7, 11) is 2.07. The molecule has 0 amide bonds. The molecule has 1 saturated carbocycles. The van der Waals surface area contributed by atoms with Gasteiger partial charge in [0.25, 0.3) is 0 Å². The number of rotatable bonds is 4. The molecule has 1 aliphatic carbocycles. The van der Waals surface area contributed by atoms with Gasteiger partial charge in [0.1, 0.15) is 0 Å². The molecular formula is C10H21N. The minimum absolute atomic E-state index is 0.840. The van der Waals surface area contributed by atoms with E-state index < -0.39 is 0 Å². The van der Waals surface area contributed by atoms with Crippen LogP contribution in [0.15, 0.2) is 0 Å². The molecule has 11 heavy (non-hydrogen) atoms. The van der Waals surface area contributed by atoms with Gasteiger partial charge in [-0.05, 0) is 31.7 Å². The molecule has 0 aromatic carbocycles. The summed E-state index contributed by atoms with van der Waals surface area (Å²) in [6, 6.07) is 0.840. The van der Waals surface area contributed by atoms with Crippen molar-refractivity contribution in [1.29, 1.82) is 0 Å². The summed E-state index contributed by atoms with van der Waals surface area (Å²) < 4.78 is 0. The first-order valence-electron chi connectivity index (χ1n) is 4.89. The second-order valence-corrected chi connectivity index (χ2v) is 4.29. The van der Waals surface area contributed by atoms with Gasteiger partial charge in [0, 0.05) is 6.04 Å². The Hall–Kier alpha value is -0.0400. The van der Waals surface area contributed by atoms with E-state index in [0.29, 0.717) is 0 Å². The minimum atomic E-state index is 0.840. The molecule has 0 unspecified atom stereocenters. The summed E-state index contributed by atoms with van der Waals surface area (Å²) in [5.74, 6) is 1.93. The van der Waals surface area contributed by atoms with E-state index in [-0.39, 0.29) is 0 Å². The van der Waals surface area contributed by atoms with Crippen LogP contribution in [-0.4, -0.2) is 13.1 Å². The van der Waals surface area contributed by atoms with Crippen LogP contribution >= 0.6 is 0 Å². The van der Waals surface area contributed by atoms with Gasteiger partial charge >= 0.3 is 0 Å². The standard InChI is InChI=1S/C10H21N/c1-8(2)4-5-9-6-10(7-9)11-3/h8-11H,4-7H2,1-3H3. The maximum absolute atomic E-state index is 3.32. The van der Waals surface area contributed by atoms with Crippen LogP contribution in [0.4, 0.5) is 0 Å². The molecule has 1 aliphatic rings. The fraction of sp³-hybridized carbons (Fsp3) is 1.00. The molecule has 66 valence electrons. The van der Waals surface area contributed by atoms with Crippen molar-refractivity contribution in [2.75, 3.05) is 7.05 Å². The topological polar surface area (TPSA) is 12.0 Å². The van der Waals surface area contributed by atoms with E-state index in [0.717, 1.165) is 17.9 Å². The molecule has 0 spiro atoms. The van der Waals surface area contributed by atoms with Gasteiger partial charge in [-0.25, -0.2) is 0 Å². The Labute approximate surface area is 70.6 Å². The van der Waals surface area contributed by atoms with Crippen molar-refractivity contribution in [2.45, 2.75) is 45.6 Å². The first-order valence-corrected chi connectivity index (χ1v) is 4.89. The summed E-state index contributed by atoms with van der Waals surface area (Å²) in [4.78, 5) is 0. The molecule has 0 atom stereocenters. The molecule has 1 fully saturated rings. The average molecular weight is 155 g/mol. The van der Waals surface area contributed by atoms with E-state index in [1.54, 1.807) is 0 Å². The van der Waals surface area contributed by atoms with Crippen LogP contribution in [0, 0.1) is 11.8 Å². The highest BCUT2D eigenvalue weighted by Gasteiger charge is 2.26. The molecule has 0 heterocycles. The lowest BCUT2D eigenvalue weighted by molar-refractivity contribution is 0.209. The van der Waals surface area contributed by atoms with E-state index in [1.807, 2.05) is 0 Å². The number of nitrogens with one attached hydrogen (secondary N) is 1. The summed E-state index contributed by atoms with van der Waals surface area (Å²) >= 11 is 0. The van der Waals surface area contributed by atoms with Gasteiger partial charge in [0.05, 0.1) is 0 Å². The third kappa shape index (κ3) is 2.82. The van der Waals surface area contributed by atoms with E-state index in [2.05, 4.69) is 26.2 Å². The van der Waals surface area contributed by atoms with Gasteiger partial charge in [0.15, 0.2) is 0 Å². The van der Waals surface area contributed by atoms with E-state index in [1.165, 1.54) is 25.7 Å². The summed E-state index contributed by atoms with van der Waals surface area (Å²) in [6.45, 7) is 4.63. The molecule has 1 heteroatoms. The maximum Gasteiger partial charge on any atom is 0.00693 e. The van der Waals surface area contributed by atoms with Crippen molar-refractivity contribution in [3.8, 4) is 0 Å². The summed E-state index contributed by atoms with van der Waals surface area (Å²) in [6.07, 6.45) is 5.71. The molecule has 0 aromatic rings. The fourth-order valence-corrected chi connectivity index (χ4v) is 1.78. The molecule has 0 radical (unpaired) electrons. The zero-order chi connectivity index (χ0) is 8.27. The predicted molar refractivity (Wildman–Crippen MR) is 49.6 cm³/mol. The van der Waals surface area contributed by atoms with Crippen LogP contribution in [-0.2, 0) is 0 Å². The molecule has 1 rings (SSSR count). The Kier molecular flexibility index (Phi) is 3.38. The Bertz CT molecular complexity index is 103. The highest BCUT2D eigenvalue weighted by atomic mass is 14.9. The van der Waals surface area contributed by atoms with Gasteiger partial charge in [-0.1, -0.05) is 26.7 Å². The van der Waals surface area contributed by atoms with Crippen LogP contribution in [0.25, 0.3) is 0 Å². The molecule has 0 saturated heterocycles. The van der Waals surface area contributed by atoms with Crippen LogP contribution in [0.5, 0.6) is 0 Å². The Morgan fingerprint density at radius 3 is 2.45 bits per heavy atom. The Morgan fingerprint density at radius 2 is 2.00 bits per heavy atom. The van der Waals surface area contributed by atoms with Crippen molar-refractivity contribution < 1.29 is 0 Å². The van der Waals surface area contributed by atoms with Crippen LogP contribution in [0.1, 0.15) is 39.5 Å². The molecule has 0 aromatic heterocycles. The molecular weight excluding hydrogens is 134 g/mol. The van der Waals surface area contributed by atoms with Gasteiger partial charge in [-0.15, -0.1) is 0 Å². The maximum atomic E-state index is 3.32. The van der Waals surface area contributed by atoms with Crippen molar-refractivity contribution in [2.24, 2.45) is 11.8 Å². The van der Waals surface area contributed by atoms with E-state index in [9.17, 15) is 0 Å². The Balaban J connectivity index is 1.96. The minimum Gasteiger partial charge on any atom is -0.317 e. The van der Waals surface area contributed by atoms with Crippen molar-refractivity contribution in [3.63, 3.8) is 0 Å². The van der Waals surface area contributed by atoms with Gasteiger partial charge in [-0.2, -0.15) is 0 Å². The van der Waals surface area contributed by atoms with Gasteiger partial charge in [-0.3, -0.25) is 0 Å². The summed E-state index contributed by atoms with van der Waals surface area (Å²) in [5, 5.41) is 3.32. The van der Waals surface area contributed by atoms with Crippen LogP contribution in [0.2, 0.25) is 0 Å². The molecule has 0 bridgehead atoms. The van der Waals surface area contributed by atoms with Gasteiger partial charge in [0.2, 0.25) is 0 Å². The molecule has 0 aliphatic heterocycles. The lowest BCUT2D eigenvalue weighted by atomic mass is 9.77. The second-order valence-electron chi connectivity index (χ2n) is 4.29. The van der Waals surface area contributed by atoms with Crippen molar-refractivity contribution >= 4 is 0 Å². The smallest absolute Gasteiger partial charge is 0.00693 e. The predicted octanol–water partition coefficient (Wildman–Crippen LogP) is 2.42. The monoisotopic (exact) mass is 155 g/mol. The van der Waals surface area contributed by atoms with Crippen molar-refractivity contribution in [1.82, 2.24) is 5.32 Å². The normalized spacial score (nSPS) is 30.5. The zero-order valence-electron chi connectivity index (χ0n) is 8.06. The largest absolute Gasteiger partial charge is 0.317 e. The Morgan fingerprint density at radius 1 is 1.36 bits per heavy atom. The summed E-state index contributed by atoms with van der Waals surface area (Å²) in [5.41, 5.74) is 0. The van der Waals surface area contributed by atoms with Crippen LogP contribution < -0.4 is 5.32 Å². The fourth-order valence-electron chi connectivity index (χ4n) is 1.78. The average Bonchev–Trinajstić information content (AvgIpc) is 1.84. The number of hydrogen-bond acceptors (Lipinski definition) is 1. The quantitative estimate of drug-likeness (QED) is 0.657. The SMILES string of the molecule is CNC1CC(CCC(C)C)C1. The molecule has 1 nitrogen and oxygen atoms in total. The van der Waals surface area contributed by atoms with E-state index >= 15 is 0 Å². The first kappa shape index (κ1) is 9.05.